The van der Waals surface area contributed by atoms with Gasteiger partial charge >= 0.3 is 0 Å². The number of carbonyl (C=O) groups excluding carboxylic acids is 1. The maximum atomic E-state index is 12.4. The molecule has 7 heteroatoms. The number of H-pyrrole nitrogens is 1. The molecule has 0 bridgehead atoms. The lowest BCUT2D eigenvalue weighted by Crippen LogP contribution is -2.27. The maximum absolute atomic E-state index is 12.4. The quantitative estimate of drug-likeness (QED) is 0.760. The molecule has 1 amide bonds. The summed E-state index contributed by atoms with van der Waals surface area (Å²) < 4.78 is 5.20. The number of fused-ring (bicyclic) bond motifs is 1. The van der Waals surface area contributed by atoms with Crippen molar-refractivity contribution in [3.8, 4) is 0 Å². The molecule has 2 heterocycles. The summed E-state index contributed by atoms with van der Waals surface area (Å²) >= 11 is 5.96. The number of halogens is 1. The Kier molecular flexibility index (Phi) is 4.09. The molecule has 1 unspecified atom stereocenters. The van der Waals surface area contributed by atoms with Gasteiger partial charge in [0.05, 0.1) is 0 Å². The van der Waals surface area contributed by atoms with Crippen LogP contribution in [0.2, 0.25) is 5.02 Å². The summed E-state index contributed by atoms with van der Waals surface area (Å²) in [4.78, 5) is 19.7. The molecule has 2 N–H and O–H groups in total. The van der Waals surface area contributed by atoms with Crippen LogP contribution in [-0.4, -0.2) is 21.0 Å². The predicted octanol–water partition coefficient (Wildman–Crippen LogP) is 3.82. The second-order valence-corrected chi connectivity index (χ2v) is 6.19. The minimum atomic E-state index is -0.377. The summed E-state index contributed by atoms with van der Waals surface area (Å²) in [6, 6.07) is 6.80. The minimum absolute atomic E-state index is 0.175. The van der Waals surface area contributed by atoms with Crippen LogP contribution in [0.3, 0.4) is 0 Å². The molecule has 120 valence electrons. The summed E-state index contributed by atoms with van der Waals surface area (Å²) in [5.74, 6) is 0.950. The Bertz CT molecular complexity index is 853. The molecule has 6 nitrogen and oxygen atoms in total. The van der Waals surface area contributed by atoms with Crippen molar-refractivity contribution in [3.63, 3.8) is 0 Å². The molecule has 0 fully saturated rings. The van der Waals surface area contributed by atoms with Crippen LogP contribution in [0.5, 0.6) is 0 Å². The summed E-state index contributed by atoms with van der Waals surface area (Å²) in [6.45, 7) is 5.76. The van der Waals surface area contributed by atoms with Crippen LogP contribution in [-0.2, 0) is 0 Å². The molecule has 0 spiro atoms. The van der Waals surface area contributed by atoms with Gasteiger partial charge in [-0.15, -0.1) is 0 Å². The minimum Gasteiger partial charge on any atom is -0.351 e. The fourth-order valence-corrected chi connectivity index (χ4v) is 2.40. The smallest absolute Gasteiger partial charge is 0.268 e. The topological polar surface area (TPSA) is 83.8 Å². The third-order valence-electron chi connectivity index (χ3n) is 3.52. The first-order chi connectivity index (χ1) is 10.9. The Morgan fingerprint density at radius 3 is 2.78 bits per heavy atom. The summed E-state index contributed by atoms with van der Waals surface area (Å²) in [5.41, 5.74) is 1.31. The van der Waals surface area contributed by atoms with Crippen molar-refractivity contribution in [1.29, 1.82) is 0 Å². The number of nitrogens with zero attached hydrogens (tertiary/aromatic N) is 2. The largest absolute Gasteiger partial charge is 0.351 e. The average Bonchev–Trinajstić information content (AvgIpc) is 3.13. The van der Waals surface area contributed by atoms with Crippen LogP contribution in [0, 0.1) is 0 Å². The van der Waals surface area contributed by atoms with E-state index in [1.54, 1.807) is 25.1 Å². The van der Waals surface area contributed by atoms with Gasteiger partial charge in [-0.1, -0.05) is 30.6 Å². The highest BCUT2D eigenvalue weighted by Crippen LogP contribution is 2.21. The molecule has 3 aromatic rings. The zero-order valence-corrected chi connectivity index (χ0v) is 13.8. The van der Waals surface area contributed by atoms with Gasteiger partial charge in [0.25, 0.3) is 5.91 Å². The van der Waals surface area contributed by atoms with E-state index in [-0.39, 0.29) is 17.9 Å². The van der Waals surface area contributed by atoms with E-state index in [1.807, 2.05) is 19.9 Å². The lowest BCUT2D eigenvalue weighted by molar-refractivity contribution is 0.0928. The lowest BCUT2D eigenvalue weighted by atomic mass is 10.2. The van der Waals surface area contributed by atoms with Gasteiger partial charge in [0.1, 0.15) is 11.7 Å². The Labute approximate surface area is 138 Å². The number of hydrogen-bond acceptors (Lipinski definition) is 4. The highest BCUT2D eigenvalue weighted by molar-refractivity contribution is 6.31. The molecule has 0 radical (unpaired) electrons. The highest BCUT2D eigenvalue weighted by atomic mass is 35.5. The maximum Gasteiger partial charge on any atom is 0.268 e. The molecular formula is C16H17ClN4O2. The third kappa shape index (κ3) is 3.22. The van der Waals surface area contributed by atoms with Gasteiger partial charge in [-0.3, -0.25) is 4.79 Å². The van der Waals surface area contributed by atoms with Crippen LogP contribution in [0.25, 0.3) is 10.9 Å². The van der Waals surface area contributed by atoms with E-state index in [1.165, 1.54) is 0 Å². The van der Waals surface area contributed by atoms with Gasteiger partial charge in [0.2, 0.25) is 5.89 Å². The summed E-state index contributed by atoms with van der Waals surface area (Å²) in [5, 5.41) is 8.26. The Balaban J connectivity index is 1.76. The van der Waals surface area contributed by atoms with Gasteiger partial charge < -0.3 is 14.8 Å². The standard InChI is InChI=1S/C16H17ClN4O2/c1-8(2)14-20-16(23-21-14)9(3)18-15(22)13-7-10-6-11(17)4-5-12(10)19-13/h4-9,19H,1-3H3,(H,18,22). The molecule has 2 aromatic heterocycles. The van der Waals surface area contributed by atoms with Crippen LogP contribution in [0.1, 0.15) is 54.9 Å². The molecule has 0 saturated heterocycles. The highest BCUT2D eigenvalue weighted by Gasteiger charge is 2.19. The number of hydrogen-bond donors (Lipinski definition) is 2. The molecule has 3 rings (SSSR count). The van der Waals surface area contributed by atoms with Crippen molar-refractivity contribution in [2.75, 3.05) is 0 Å². The molecule has 0 aliphatic heterocycles. The monoisotopic (exact) mass is 332 g/mol. The van der Waals surface area contributed by atoms with Gasteiger partial charge in [-0.2, -0.15) is 4.98 Å². The normalized spacial score (nSPS) is 12.7. The number of carbonyl (C=O) groups is 1. The fraction of sp³-hybridized carbons (Fsp3) is 0.312. The predicted molar refractivity (Wildman–Crippen MR) is 87.6 cm³/mol. The number of benzene rings is 1. The van der Waals surface area contributed by atoms with Gasteiger partial charge in [0.15, 0.2) is 5.82 Å². The van der Waals surface area contributed by atoms with E-state index < -0.39 is 0 Å². The van der Waals surface area contributed by atoms with E-state index in [2.05, 4.69) is 20.4 Å². The van der Waals surface area contributed by atoms with Gasteiger partial charge in [-0.05, 0) is 31.2 Å². The van der Waals surface area contributed by atoms with E-state index in [0.717, 1.165) is 10.9 Å². The molecule has 23 heavy (non-hydrogen) atoms. The van der Waals surface area contributed by atoms with Crippen LogP contribution < -0.4 is 5.32 Å². The van der Waals surface area contributed by atoms with Crippen LogP contribution in [0.4, 0.5) is 0 Å². The van der Waals surface area contributed by atoms with E-state index in [4.69, 9.17) is 16.1 Å². The Morgan fingerprint density at radius 1 is 1.30 bits per heavy atom. The first-order valence-electron chi connectivity index (χ1n) is 7.36. The molecule has 1 atom stereocenters. The Morgan fingerprint density at radius 2 is 2.09 bits per heavy atom. The fourth-order valence-electron chi connectivity index (χ4n) is 2.22. The number of rotatable bonds is 4. The molecule has 0 saturated carbocycles. The molecule has 1 aromatic carbocycles. The van der Waals surface area contributed by atoms with Crippen LogP contribution in [0.15, 0.2) is 28.8 Å². The SMILES string of the molecule is CC(C)c1noc(C(C)NC(=O)c2cc3cc(Cl)ccc3[nH]2)n1. The van der Waals surface area contributed by atoms with Crippen molar-refractivity contribution in [3.05, 3.63) is 46.7 Å². The van der Waals surface area contributed by atoms with E-state index in [9.17, 15) is 4.79 Å². The van der Waals surface area contributed by atoms with Crippen molar-refractivity contribution in [1.82, 2.24) is 20.4 Å². The second-order valence-electron chi connectivity index (χ2n) is 5.76. The molecule has 0 aliphatic rings. The van der Waals surface area contributed by atoms with Crippen LogP contribution >= 0.6 is 11.6 Å². The number of aromatic nitrogens is 3. The van der Waals surface area contributed by atoms with E-state index >= 15 is 0 Å². The first-order valence-corrected chi connectivity index (χ1v) is 7.74. The zero-order valence-electron chi connectivity index (χ0n) is 13.1. The third-order valence-corrected chi connectivity index (χ3v) is 3.75. The number of aromatic amines is 1. The van der Waals surface area contributed by atoms with Gasteiger partial charge in [0, 0.05) is 21.8 Å². The Hall–Kier alpha value is -2.34. The zero-order chi connectivity index (χ0) is 16.6. The summed E-state index contributed by atoms with van der Waals surface area (Å²) in [6.07, 6.45) is 0. The second kappa shape index (κ2) is 6.04. The average molecular weight is 333 g/mol. The van der Waals surface area contributed by atoms with Crippen molar-refractivity contribution in [2.24, 2.45) is 0 Å². The van der Waals surface area contributed by atoms with Crippen molar-refractivity contribution in [2.45, 2.75) is 32.7 Å². The van der Waals surface area contributed by atoms with Crippen molar-refractivity contribution >= 4 is 28.4 Å². The lowest BCUT2D eigenvalue weighted by Gasteiger charge is -2.08. The summed E-state index contributed by atoms with van der Waals surface area (Å²) in [7, 11) is 0. The number of amides is 1. The molecule has 0 aliphatic carbocycles. The van der Waals surface area contributed by atoms with Gasteiger partial charge in [-0.25, -0.2) is 0 Å². The molecular weight excluding hydrogens is 316 g/mol. The van der Waals surface area contributed by atoms with Crippen molar-refractivity contribution < 1.29 is 9.32 Å². The number of nitrogens with one attached hydrogen (secondary N) is 2. The van der Waals surface area contributed by atoms with E-state index in [0.29, 0.717) is 22.4 Å². The first kappa shape index (κ1) is 15.6.